The van der Waals surface area contributed by atoms with Crippen LogP contribution in [-0.2, 0) is 0 Å². The SMILES string of the molecule is Cc1c(C(=O)O)[nH]c2c(Nc3cccc(Cl)c3)nccc12. The molecule has 1 aromatic carbocycles. The Morgan fingerprint density at radius 2 is 2.19 bits per heavy atom. The molecule has 0 spiro atoms. The molecule has 0 bridgehead atoms. The summed E-state index contributed by atoms with van der Waals surface area (Å²) in [7, 11) is 0. The van der Waals surface area contributed by atoms with Crippen molar-refractivity contribution in [3.05, 3.63) is 52.8 Å². The minimum atomic E-state index is -0.989. The first-order valence-corrected chi connectivity index (χ1v) is 6.67. The van der Waals surface area contributed by atoms with E-state index in [1.807, 2.05) is 12.1 Å². The number of benzene rings is 1. The largest absolute Gasteiger partial charge is 0.477 e. The molecule has 0 saturated carbocycles. The second-order valence-electron chi connectivity index (χ2n) is 4.65. The third kappa shape index (κ3) is 2.43. The summed E-state index contributed by atoms with van der Waals surface area (Å²) in [5.74, 6) is -0.428. The Balaban J connectivity index is 2.11. The van der Waals surface area contributed by atoms with Gasteiger partial charge >= 0.3 is 5.97 Å². The maximum atomic E-state index is 11.2. The van der Waals surface area contributed by atoms with Crippen LogP contribution in [0.25, 0.3) is 10.9 Å². The number of pyridine rings is 1. The number of nitrogens with one attached hydrogen (secondary N) is 2. The van der Waals surface area contributed by atoms with Gasteiger partial charge in [-0.2, -0.15) is 0 Å². The fraction of sp³-hybridized carbons (Fsp3) is 0.0667. The third-order valence-corrected chi connectivity index (χ3v) is 3.52. The average Bonchev–Trinajstić information content (AvgIpc) is 2.78. The fourth-order valence-electron chi connectivity index (χ4n) is 2.27. The van der Waals surface area contributed by atoms with E-state index < -0.39 is 5.97 Å². The van der Waals surface area contributed by atoms with Crippen LogP contribution in [0.4, 0.5) is 11.5 Å². The molecule has 0 saturated heterocycles. The predicted molar refractivity (Wildman–Crippen MR) is 82.5 cm³/mol. The number of carbonyl (C=O) groups is 1. The highest BCUT2D eigenvalue weighted by Gasteiger charge is 2.16. The number of aromatic amines is 1. The van der Waals surface area contributed by atoms with Gasteiger partial charge in [-0.15, -0.1) is 0 Å². The topological polar surface area (TPSA) is 78.0 Å². The number of aryl methyl sites for hydroxylation is 1. The van der Waals surface area contributed by atoms with Crippen LogP contribution in [0.1, 0.15) is 16.1 Å². The van der Waals surface area contributed by atoms with Gasteiger partial charge in [0.25, 0.3) is 0 Å². The summed E-state index contributed by atoms with van der Waals surface area (Å²) < 4.78 is 0. The zero-order valence-electron chi connectivity index (χ0n) is 11.1. The number of H-pyrrole nitrogens is 1. The molecule has 0 aliphatic rings. The van der Waals surface area contributed by atoms with Crippen LogP contribution in [-0.4, -0.2) is 21.0 Å². The number of anilines is 2. The summed E-state index contributed by atoms with van der Waals surface area (Å²) in [5, 5.41) is 13.8. The summed E-state index contributed by atoms with van der Waals surface area (Å²) in [6.07, 6.45) is 1.64. The van der Waals surface area contributed by atoms with Crippen molar-refractivity contribution in [1.29, 1.82) is 0 Å². The highest BCUT2D eigenvalue weighted by atomic mass is 35.5. The minimum Gasteiger partial charge on any atom is -0.477 e. The molecule has 0 atom stereocenters. The summed E-state index contributed by atoms with van der Waals surface area (Å²) in [5.41, 5.74) is 2.31. The smallest absolute Gasteiger partial charge is 0.352 e. The molecule has 2 aromatic heterocycles. The number of carboxylic acids is 1. The number of hydrogen-bond donors (Lipinski definition) is 3. The maximum Gasteiger partial charge on any atom is 0.352 e. The van der Waals surface area contributed by atoms with Crippen LogP contribution in [0.15, 0.2) is 36.5 Å². The van der Waals surface area contributed by atoms with E-state index in [1.54, 1.807) is 31.3 Å². The molecule has 5 nitrogen and oxygen atoms in total. The van der Waals surface area contributed by atoms with Crippen molar-refractivity contribution in [1.82, 2.24) is 9.97 Å². The average molecular weight is 302 g/mol. The third-order valence-electron chi connectivity index (χ3n) is 3.28. The van der Waals surface area contributed by atoms with Gasteiger partial charge < -0.3 is 15.4 Å². The first-order valence-electron chi connectivity index (χ1n) is 6.29. The molecule has 6 heteroatoms. The summed E-state index contributed by atoms with van der Waals surface area (Å²) in [6.45, 7) is 1.77. The molecule has 0 aliphatic carbocycles. The quantitative estimate of drug-likeness (QED) is 0.684. The second-order valence-corrected chi connectivity index (χ2v) is 5.08. The second kappa shape index (κ2) is 5.10. The lowest BCUT2D eigenvalue weighted by Gasteiger charge is -2.06. The molecule has 0 aliphatic heterocycles. The molecular weight excluding hydrogens is 290 g/mol. The van der Waals surface area contributed by atoms with Gasteiger partial charge in [-0.1, -0.05) is 17.7 Å². The van der Waals surface area contributed by atoms with Gasteiger partial charge in [0.1, 0.15) is 5.69 Å². The van der Waals surface area contributed by atoms with Gasteiger partial charge in [0, 0.05) is 22.3 Å². The van der Waals surface area contributed by atoms with Crippen molar-refractivity contribution in [2.24, 2.45) is 0 Å². The van der Waals surface area contributed by atoms with E-state index in [2.05, 4.69) is 15.3 Å². The highest BCUT2D eigenvalue weighted by Crippen LogP contribution is 2.28. The molecule has 0 radical (unpaired) electrons. The predicted octanol–water partition coefficient (Wildman–Crippen LogP) is 3.97. The molecular formula is C15H12ClN3O2. The van der Waals surface area contributed by atoms with Gasteiger partial charge in [0.05, 0.1) is 5.52 Å². The number of rotatable bonds is 3. The van der Waals surface area contributed by atoms with Gasteiger partial charge in [-0.05, 0) is 36.8 Å². The summed E-state index contributed by atoms with van der Waals surface area (Å²) >= 11 is 5.95. The Labute approximate surface area is 125 Å². The molecule has 3 N–H and O–H groups in total. The number of carboxylic acid groups (broad SMARTS) is 1. The first-order chi connectivity index (χ1) is 10.1. The Hall–Kier alpha value is -2.53. The van der Waals surface area contributed by atoms with Crippen LogP contribution >= 0.6 is 11.6 Å². The Morgan fingerprint density at radius 1 is 1.38 bits per heavy atom. The molecule has 106 valence electrons. The van der Waals surface area contributed by atoms with Crippen molar-refractivity contribution in [2.75, 3.05) is 5.32 Å². The lowest BCUT2D eigenvalue weighted by molar-refractivity contribution is 0.0691. The van der Waals surface area contributed by atoms with E-state index in [-0.39, 0.29) is 5.69 Å². The van der Waals surface area contributed by atoms with Crippen LogP contribution < -0.4 is 5.32 Å². The van der Waals surface area contributed by atoms with Crippen molar-refractivity contribution in [3.63, 3.8) is 0 Å². The first kappa shape index (κ1) is 13.5. The minimum absolute atomic E-state index is 0.173. The highest BCUT2D eigenvalue weighted by molar-refractivity contribution is 6.30. The van der Waals surface area contributed by atoms with Crippen molar-refractivity contribution >= 4 is 40.0 Å². The fourth-order valence-corrected chi connectivity index (χ4v) is 2.46. The number of halogens is 1. The number of aromatic nitrogens is 2. The van der Waals surface area contributed by atoms with E-state index in [9.17, 15) is 9.90 Å². The molecule has 2 heterocycles. The van der Waals surface area contributed by atoms with Crippen LogP contribution in [0.2, 0.25) is 5.02 Å². The number of hydrogen-bond acceptors (Lipinski definition) is 3. The van der Waals surface area contributed by atoms with E-state index in [0.717, 1.165) is 11.1 Å². The standard InChI is InChI=1S/C15H12ClN3O2/c1-8-11-5-6-17-14(13(11)19-12(8)15(20)21)18-10-4-2-3-9(16)7-10/h2-7,19H,1H3,(H,17,18)(H,20,21). The molecule has 0 fully saturated rings. The van der Waals surface area contributed by atoms with E-state index in [4.69, 9.17) is 11.6 Å². The van der Waals surface area contributed by atoms with E-state index in [0.29, 0.717) is 21.9 Å². The van der Waals surface area contributed by atoms with Crippen LogP contribution in [0.3, 0.4) is 0 Å². The van der Waals surface area contributed by atoms with E-state index >= 15 is 0 Å². The Bertz CT molecular complexity index is 842. The molecule has 0 unspecified atom stereocenters. The Morgan fingerprint density at radius 3 is 2.90 bits per heavy atom. The Kier molecular flexibility index (Phi) is 3.27. The summed E-state index contributed by atoms with van der Waals surface area (Å²) in [6, 6.07) is 9.03. The molecule has 21 heavy (non-hydrogen) atoms. The number of fused-ring (bicyclic) bond motifs is 1. The molecule has 0 amide bonds. The lowest BCUT2D eigenvalue weighted by atomic mass is 10.2. The maximum absolute atomic E-state index is 11.2. The van der Waals surface area contributed by atoms with Crippen molar-refractivity contribution in [2.45, 2.75) is 6.92 Å². The van der Waals surface area contributed by atoms with Gasteiger partial charge in [-0.3, -0.25) is 0 Å². The zero-order chi connectivity index (χ0) is 15.0. The van der Waals surface area contributed by atoms with Gasteiger partial charge in [0.15, 0.2) is 5.82 Å². The summed E-state index contributed by atoms with van der Waals surface area (Å²) in [4.78, 5) is 18.4. The normalized spacial score (nSPS) is 10.8. The van der Waals surface area contributed by atoms with Gasteiger partial charge in [-0.25, -0.2) is 9.78 Å². The lowest BCUT2D eigenvalue weighted by Crippen LogP contribution is -1.98. The monoisotopic (exact) mass is 301 g/mol. The van der Waals surface area contributed by atoms with Crippen LogP contribution in [0, 0.1) is 6.92 Å². The van der Waals surface area contributed by atoms with Gasteiger partial charge in [0.2, 0.25) is 0 Å². The molecule has 3 rings (SSSR count). The van der Waals surface area contributed by atoms with E-state index in [1.165, 1.54) is 0 Å². The van der Waals surface area contributed by atoms with Crippen molar-refractivity contribution < 1.29 is 9.90 Å². The van der Waals surface area contributed by atoms with Crippen molar-refractivity contribution in [3.8, 4) is 0 Å². The number of aromatic carboxylic acids is 1. The molecule has 3 aromatic rings. The number of nitrogens with zero attached hydrogens (tertiary/aromatic N) is 1. The van der Waals surface area contributed by atoms with Crippen LogP contribution in [0.5, 0.6) is 0 Å². The zero-order valence-corrected chi connectivity index (χ0v) is 11.9.